The molecule has 31 heavy (non-hydrogen) atoms. The highest BCUT2D eigenvalue weighted by Gasteiger charge is 2.20. The van der Waals surface area contributed by atoms with Gasteiger partial charge in [0.05, 0.1) is 16.2 Å². The van der Waals surface area contributed by atoms with E-state index in [1.54, 1.807) is 30.3 Å². The number of rotatable bonds is 6. The molecule has 0 aliphatic heterocycles. The second kappa shape index (κ2) is 8.41. The van der Waals surface area contributed by atoms with Gasteiger partial charge in [0.1, 0.15) is 23.6 Å². The summed E-state index contributed by atoms with van der Waals surface area (Å²) in [5, 5.41) is 20.0. The highest BCUT2D eigenvalue weighted by molar-refractivity contribution is 6.07. The molecule has 1 amide bonds. The molecular formula is C21H14FN5O4. The van der Waals surface area contributed by atoms with E-state index in [0.29, 0.717) is 17.1 Å². The Kier molecular flexibility index (Phi) is 5.35. The van der Waals surface area contributed by atoms with Crippen molar-refractivity contribution in [2.75, 3.05) is 5.32 Å². The second-order valence-corrected chi connectivity index (χ2v) is 6.34. The quantitative estimate of drug-likeness (QED) is 0.349. The number of ether oxygens (including phenoxy) is 1. The maximum atomic E-state index is 14.3. The maximum Gasteiger partial charge on any atom is 0.270 e. The summed E-state index contributed by atoms with van der Waals surface area (Å²) in [6.07, 6.45) is 1.30. The SMILES string of the molecule is O=C(Nc1cc(-c2ncn[nH]2)ccc1F)c1cc([N+](=O)[O-])ccc1Oc1ccccc1. The van der Waals surface area contributed by atoms with Gasteiger partial charge >= 0.3 is 0 Å². The Labute approximate surface area is 174 Å². The van der Waals surface area contributed by atoms with Crippen molar-refractivity contribution in [2.24, 2.45) is 0 Å². The molecule has 10 heteroatoms. The van der Waals surface area contributed by atoms with Crippen LogP contribution >= 0.6 is 0 Å². The van der Waals surface area contributed by atoms with Crippen LogP contribution in [-0.4, -0.2) is 26.0 Å². The van der Waals surface area contributed by atoms with Crippen molar-refractivity contribution < 1.29 is 18.8 Å². The van der Waals surface area contributed by atoms with Crippen molar-refractivity contribution in [3.05, 3.63) is 94.6 Å². The number of benzene rings is 3. The standard InChI is InChI=1S/C21H14FN5O4/c22-17-8-6-13(20-23-12-24-26-20)10-18(17)25-21(28)16-11-14(27(29)30)7-9-19(16)31-15-4-2-1-3-5-15/h1-12H,(H,25,28)(H,23,24,26). The van der Waals surface area contributed by atoms with Crippen molar-refractivity contribution >= 4 is 17.3 Å². The van der Waals surface area contributed by atoms with Crippen molar-refractivity contribution in [1.29, 1.82) is 0 Å². The van der Waals surface area contributed by atoms with Crippen LogP contribution < -0.4 is 10.1 Å². The number of carbonyl (C=O) groups is 1. The highest BCUT2D eigenvalue weighted by Crippen LogP contribution is 2.30. The Morgan fingerprint density at radius 2 is 1.90 bits per heavy atom. The Balaban J connectivity index is 1.68. The molecule has 2 N–H and O–H groups in total. The average Bonchev–Trinajstić information content (AvgIpc) is 3.31. The molecule has 0 fully saturated rings. The van der Waals surface area contributed by atoms with Crippen molar-refractivity contribution in [2.45, 2.75) is 0 Å². The van der Waals surface area contributed by atoms with E-state index in [2.05, 4.69) is 20.5 Å². The van der Waals surface area contributed by atoms with Crippen LogP contribution in [-0.2, 0) is 0 Å². The summed E-state index contributed by atoms with van der Waals surface area (Å²) in [5.41, 5.74) is -0.0611. The van der Waals surface area contributed by atoms with Crippen LogP contribution in [0, 0.1) is 15.9 Å². The molecule has 0 aliphatic rings. The van der Waals surface area contributed by atoms with Gasteiger partial charge in [0, 0.05) is 17.7 Å². The lowest BCUT2D eigenvalue weighted by Gasteiger charge is -2.12. The molecule has 154 valence electrons. The molecule has 0 spiro atoms. The van der Waals surface area contributed by atoms with Gasteiger partial charge in [-0.25, -0.2) is 9.37 Å². The Hall–Kier alpha value is -4.60. The lowest BCUT2D eigenvalue weighted by molar-refractivity contribution is -0.384. The number of nitrogens with one attached hydrogen (secondary N) is 2. The van der Waals surface area contributed by atoms with E-state index < -0.39 is 16.6 Å². The van der Waals surface area contributed by atoms with E-state index in [-0.39, 0.29) is 22.7 Å². The number of carbonyl (C=O) groups excluding carboxylic acids is 1. The fraction of sp³-hybridized carbons (Fsp3) is 0. The normalized spacial score (nSPS) is 10.5. The van der Waals surface area contributed by atoms with Crippen molar-refractivity contribution in [3.63, 3.8) is 0 Å². The van der Waals surface area contributed by atoms with Gasteiger partial charge in [0.2, 0.25) is 0 Å². The van der Waals surface area contributed by atoms with E-state index in [9.17, 15) is 19.3 Å². The largest absolute Gasteiger partial charge is 0.457 e. The van der Waals surface area contributed by atoms with Gasteiger partial charge in [-0.15, -0.1) is 0 Å². The predicted molar refractivity (Wildman–Crippen MR) is 109 cm³/mol. The molecule has 0 radical (unpaired) electrons. The van der Waals surface area contributed by atoms with Crippen LogP contribution in [0.4, 0.5) is 15.8 Å². The minimum atomic E-state index is -0.775. The molecular weight excluding hydrogens is 405 g/mol. The fourth-order valence-corrected chi connectivity index (χ4v) is 2.82. The molecule has 0 aliphatic carbocycles. The summed E-state index contributed by atoms with van der Waals surface area (Å²) < 4.78 is 20.1. The van der Waals surface area contributed by atoms with Crippen LogP contribution in [0.25, 0.3) is 11.4 Å². The molecule has 4 aromatic rings. The molecule has 9 nitrogen and oxygen atoms in total. The second-order valence-electron chi connectivity index (χ2n) is 6.34. The molecule has 0 unspecified atom stereocenters. The van der Waals surface area contributed by atoms with Gasteiger partial charge in [-0.05, 0) is 36.4 Å². The number of nitrogens with zero attached hydrogens (tertiary/aromatic N) is 3. The first-order valence-electron chi connectivity index (χ1n) is 8.99. The highest BCUT2D eigenvalue weighted by atomic mass is 19.1. The topological polar surface area (TPSA) is 123 Å². The summed E-state index contributed by atoms with van der Waals surface area (Å²) in [5.74, 6) is -0.556. The zero-order valence-corrected chi connectivity index (χ0v) is 15.8. The number of anilines is 1. The van der Waals surface area contributed by atoms with Crippen LogP contribution in [0.15, 0.2) is 73.1 Å². The van der Waals surface area contributed by atoms with Crippen molar-refractivity contribution in [1.82, 2.24) is 15.2 Å². The van der Waals surface area contributed by atoms with E-state index in [0.717, 1.165) is 6.07 Å². The minimum absolute atomic E-state index is 0.0843. The van der Waals surface area contributed by atoms with Gasteiger partial charge in [0.25, 0.3) is 11.6 Å². The van der Waals surface area contributed by atoms with Crippen molar-refractivity contribution in [3.8, 4) is 22.9 Å². The Morgan fingerprint density at radius 1 is 1.10 bits per heavy atom. The number of nitro groups is 1. The van der Waals surface area contributed by atoms with E-state index in [1.807, 2.05) is 0 Å². The molecule has 0 atom stereocenters. The van der Waals surface area contributed by atoms with Gasteiger partial charge in [-0.1, -0.05) is 18.2 Å². The lowest BCUT2D eigenvalue weighted by atomic mass is 10.1. The number of hydrogen-bond donors (Lipinski definition) is 2. The van der Waals surface area contributed by atoms with Crippen LogP contribution in [0.5, 0.6) is 11.5 Å². The number of non-ortho nitro benzene ring substituents is 1. The number of halogens is 1. The van der Waals surface area contributed by atoms with Crippen LogP contribution in [0.3, 0.4) is 0 Å². The number of para-hydroxylation sites is 1. The molecule has 1 aromatic heterocycles. The zero-order chi connectivity index (χ0) is 21.8. The monoisotopic (exact) mass is 419 g/mol. The smallest absolute Gasteiger partial charge is 0.270 e. The van der Waals surface area contributed by atoms with E-state index in [1.165, 1.54) is 36.7 Å². The zero-order valence-electron chi connectivity index (χ0n) is 15.8. The summed E-state index contributed by atoms with van der Waals surface area (Å²) in [6.45, 7) is 0. The lowest BCUT2D eigenvalue weighted by Crippen LogP contribution is -2.14. The number of nitro benzene ring substituents is 1. The number of aromatic nitrogens is 3. The van der Waals surface area contributed by atoms with Crippen LogP contribution in [0.2, 0.25) is 0 Å². The molecule has 0 saturated carbocycles. The third-order valence-corrected chi connectivity index (χ3v) is 4.29. The maximum absolute atomic E-state index is 14.3. The number of hydrogen-bond acceptors (Lipinski definition) is 6. The van der Waals surface area contributed by atoms with Gasteiger partial charge in [-0.3, -0.25) is 20.0 Å². The first-order chi connectivity index (χ1) is 15.0. The van der Waals surface area contributed by atoms with Gasteiger partial charge < -0.3 is 10.1 Å². The first-order valence-corrected chi connectivity index (χ1v) is 8.99. The van der Waals surface area contributed by atoms with Crippen LogP contribution in [0.1, 0.15) is 10.4 Å². The van der Waals surface area contributed by atoms with Gasteiger partial charge in [-0.2, -0.15) is 5.10 Å². The predicted octanol–water partition coefficient (Wildman–Crippen LogP) is 4.56. The first kappa shape index (κ1) is 19.7. The third kappa shape index (κ3) is 4.37. The Morgan fingerprint density at radius 3 is 2.61 bits per heavy atom. The Bertz CT molecular complexity index is 1250. The summed E-state index contributed by atoms with van der Waals surface area (Å²) in [6, 6.07) is 16.3. The van der Waals surface area contributed by atoms with E-state index >= 15 is 0 Å². The average molecular weight is 419 g/mol. The van der Waals surface area contributed by atoms with Gasteiger partial charge in [0.15, 0.2) is 5.82 Å². The molecule has 4 rings (SSSR count). The summed E-state index contributed by atoms with van der Waals surface area (Å²) >= 11 is 0. The molecule has 1 heterocycles. The fourth-order valence-electron chi connectivity index (χ4n) is 2.82. The number of amides is 1. The summed E-state index contributed by atoms with van der Waals surface area (Å²) in [7, 11) is 0. The minimum Gasteiger partial charge on any atom is -0.457 e. The number of aromatic amines is 1. The molecule has 0 bridgehead atoms. The third-order valence-electron chi connectivity index (χ3n) is 4.29. The molecule has 3 aromatic carbocycles. The summed E-state index contributed by atoms with van der Waals surface area (Å²) in [4.78, 5) is 27.5. The number of H-pyrrole nitrogens is 1. The molecule has 0 saturated heterocycles. The van der Waals surface area contributed by atoms with E-state index in [4.69, 9.17) is 4.74 Å².